The van der Waals surface area contributed by atoms with E-state index < -0.39 is 11.9 Å². The van der Waals surface area contributed by atoms with Crippen LogP contribution >= 0.6 is 22.7 Å². The zero-order chi connectivity index (χ0) is 14.5. The second-order valence-electron chi connectivity index (χ2n) is 3.52. The fraction of sp³-hybridized carbons (Fsp3) is 0.333. The van der Waals surface area contributed by atoms with Crippen molar-refractivity contribution in [2.24, 2.45) is 0 Å². The van der Waals surface area contributed by atoms with Crippen LogP contribution in [0.2, 0.25) is 0 Å². The predicted octanol–water partition coefficient (Wildman–Crippen LogP) is 2.62. The number of carbonyl (C=O) groups excluding carboxylic acids is 2. The highest BCUT2D eigenvalue weighted by molar-refractivity contribution is 7.19. The first kappa shape index (κ1) is 14.6. The van der Waals surface area contributed by atoms with E-state index in [0.29, 0.717) is 23.2 Å². The van der Waals surface area contributed by atoms with Crippen molar-refractivity contribution < 1.29 is 19.1 Å². The van der Waals surface area contributed by atoms with Gasteiger partial charge in [-0.2, -0.15) is 0 Å². The summed E-state index contributed by atoms with van der Waals surface area (Å²) in [6.07, 6.45) is 0. The molecular weight excluding hydrogens is 300 g/mol. The van der Waals surface area contributed by atoms with Gasteiger partial charge >= 0.3 is 11.9 Å². The summed E-state index contributed by atoms with van der Waals surface area (Å²) in [5, 5.41) is 4.37. The van der Waals surface area contributed by atoms with Gasteiger partial charge in [-0.05, 0) is 13.8 Å². The first-order valence-corrected chi connectivity index (χ1v) is 7.67. The largest absolute Gasteiger partial charge is 0.461 e. The molecule has 2 aromatic heterocycles. The van der Waals surface area contributed by atoms with E-state index in [0.717, 1.165) is 0 Å². The molecule has 2 aromatic rings. The van der Waals surface area contributed by atoms with Crippen molar-refractivity contribution in [3.63, 3.8) is 0 Å². The Bertz CT molecular complexity index is 566. The van der Waals surface area contributed by atoms with Gasteiger partial charge in [0.05, 0.1) is 13.2 Å². The van der Waals surface area contributed by atoms with Gasteiger partial charge in [-0.1, -0.05) is 0 Å². The van der Waals surface area contributed by atoms with Gasteiger partial charge in [0.15, 0.2) is 21.4 Å². The Labute approximate surface area is 123 Å². The van der Waals surface area contributed by atoms with E-state index in [1.54, 1.807) is 24.6 Å². The monoisotopic (exact) mass is 312 g/mol. The molecule has 0 saturated heterocycles. The number of hydrogen-bond acceptors (Lipinski definition) is 8. The number of carbonyl (C=O) groups is 2. The van der Waals surface area contributed by atoms with E-state index in [2.05, 4.69) is 9.97 Å². The Morgan fingerprint density at radius 1 is 0.950 bits per heavy atom. The molecular formula is C12H12N2O4S2. The molecule has 0 aliphatic rings. The fourth-order valence-electron chi connectivity index (χ4n) is 1.34. The van der Waals surface area contributed by atoms with Crippen molar-refractivity contribution in [2.75, 3.05) is 13.2 Å². The van der Waals surface area contributed by atoms with Crippen LogP contribution in [0.15, 0.2) is 10.8 Å². The second kappa shape index (κ2) is 6.58. The van der Waals surface area contributed by atoms with Crippen molar-refractivity contribution >= 4 is 34.6 Å². The lowest BCUT2D eigenvalue weighted by Gasteiger charge is -1.96. The Morgan fingerprint density at radius 3 is 1.70 bits per heavy atom. The van der Waals surface area contributed by atoms with Gasteiger partial charge in [0.1, 0.15) is 0 Å². The number of thiazole rings is 2. The third kappa shape index (κ3) is 3.20. The van der Waals surface area contributed by atoms with Gasteiger partial charge in [0, 0.05) is 10.8 Å². The second-order valence-corrected chi connectivity index (χ2v) is 5.23. The molecule has 0 fully saturated rings. The van der Waals surface area contributed by atoms with Crippen LogP contribution in [0.1, 0.15) is 34.8 Å². The van der Waals surface area contributed by atoms with Gasteiger partial charge in [-0.25, -0.2) is 19.6 Å². The maximum Gasteiger partial charge on any atom is 0.357 e. The molecule has 0 saturated carbocycles. The molecule has 106 valence electrons. The summed E-state index contributed by atoms with van der Waals surface area (Å²) < 4.78 is 9.73. The van der Waals surface area contributed by atoms with Crippen molar-refractivity contribution in [3.05, 3.63) is 22.1 Å². The molecule has 0 spiro atoms. The van der Waals surface area contributed by atoms with Crippen LogP contribution in [0.4, 0.5) is 0 Å². The SMILES string of the molecule is CCOC(=O)c1csc(-c2nc(C(=O)OCC)cs2)n1. The molecule has 0 aliphatic heterocycles. The van der Waals surface area contributed by atoms with Crippen molar-refractivity contribution in [1.82, 2.24) is 9.97 Å². The lowest BCUT2D eigenvalue weighted by Crippen LogP contribution is -2.05. The quantitative estimate of drug-likeness (QED) is 0.790. The van der Waals surface area contributed by atoms with Crippen LogP contribution in [0.3, 0.4) is 0 Å². The molecule has 2 heterocycles. The summed E-state index contributed by atoms with van der Waals surface area (Å²) in [6, 6.07) is 0. The topological polar surface area (TPSA) is 78.4 Å². The summed E-state index contributed by atoms with van der Waals surface area (Å²) in [5.74, 6) is -0.922. The van der Waals surface area contributed by atoms with Crippen LogP contribution in [-0.4, -0.2) is 35.1 Å². The minimum atomic E-state index is -0.461. The third-order valence-corrected chi connectivity index (χ3v) is 3.99. The first-order chi connectivity index (χ1) is 9.65. The standard InChI is InChI=1S/C12H12N2O4S2/c1-3-17-11(15)7-5-19-9(13-7)10-14-8(6-20-10)12(16)18-4-2/h5-6H,3-4H2,1-2H3. The summed E-state index contributed by atoms with van der Waals surface area (Å²) in [4.78, 5) is 31.4. The van der Waals surface area contributed by atoms with Crippen LogP contribution in [0.25, 0.3) is 10.0 Å². The van der Waals surface area contributed by atoms with Gasteiger partial charge in [-0.3, -0.25) is 0 Å². The van der Waals surface area contributed by atoms with E-state index in [-0.39, 0.29) is 11.4 Å². The highest BCUT2D eigenvalue weighted by atomic mass is 32.1. The Hall–Kier alpha value is -1.80. The molecule has 0 aliphatic carbocycles. The Balaban J connectivity index is 2.16. The molecule has 0 aromatic carbocycles. The Morgan fingerprint density at radius 2 is 1.35 bits per heavy atom. The lowest BCUT2D eigenvalue weighted by molar-refractivity contribution is 0.0510. The van der Waals surface area contributed by atoms with Crippen LogP contribution < -0.4 is 0 Å². The summed E-state index contributed by atoms with van der Waals surface area (Å²) in [6.45, 7) is 4.07. The number of hydrogen-bond donors (Lipinski definition) is 0. The molecule has 0 N–H and O–H groups in total. The summed E-state index contributed by atoms with van der Waals surface area (Å²) in [5.41, 5.74) is 0.500. The normalized spacial score (nSPS) is 10.3. The van der Waals surface area contributed by atoms with Gasteiger partial charge < -0.3 is 9.47 Å². The molecule has 0 unspecified atom stereocenters. The molecule has 0 atom stereocenters. The average Bonchev–Trinajstić information content (AvgIpc) is 3.08. The molecule has 0 amide bonds. The van der Waals surface area contributed by atoms with Gasteiger partial charge in [-0.15, -0.1) is 22.7 Å². The van der Waals surface area contributed by atoms with Crippen molar-refractivity contribution in [3.8, 4) is 10.0 Å². The molecule has 8 heteroatoms. The molecule has 0 bridgehead atoms. The number of esters is 2. The average molecular weight is 312 g/mol. The molecule has 0 radical (unpaired) electrons. The van der Waals surface area contributed by atoms with Crippen molar-refractivity contribution in [2.45, 2.75) is 13.8 Å². The lowest BCUT2D eigenvalue weighted by atomic mass is 10.5. The minimum absolute atomic E-state index is 0.250. The summed E-state index contributed by atoms with van der Waals surface area (Å²) >= 11 is 2.56. The molecule has 2 rings (SSSR count). The maximum absolute atomic E-state index is 11.5. The number of rotatable bonds is 5. The van der Waals surface area contributed by atoms with E-state index in [1.165, 1.54) is 22.7 Å². The fourth-order valence-corrected chi connectivity index (χ4v) is 2.97. The summed E-state index contributed by atoms with van der Waals surface area (Å²) in [7, 11) is 0. The number of nitrogens with zero attached hydrogens (tertiary/aromatic N) is 2. The zero-order valence-corrected chi connectivity index (χ0v) is 12.5. The van der Waals surface area contributed by atoms with E-state index in [1.807, 2.05) is 0 Å². The minimum Gasteiger partial charge on any atom is -0.461 e. The van der Waals surface area contributed by atoms with Gasteiger partial charge in [0.25, 0.3) is 0 Å². The van der Waals surface area contributed by atoms with Gasteiger partial charge in [0.2, 0.25) is 0 Å². The van der Waals surface area contributed by atoms with Crippen LogP contribution in [0.5, 0.6) is 0 Å². The third-order valence-electron chi connectivity index (χ3n) is 2.16. The highest BCUT2D eigenvalue weighted by Crippen LogP contribution is 2.27. The maximum atomic E-state index is 11.5. The van der Waals surface area contributed by atoms with Crippen molar-refractivity contribution in [1.29, 1.82) is 0 Å². The molecule has 6 nitrogen and oxygen atoms in total. The van der Waals surface area contributed by atoms with Crippen LogP contribution in [-0.2, 0) is 9.47 Å². The van der Waals surface area contributed by atoms with Crippen LogP contribution in [0, 0.1) is 0 Å². The smallest absolute Gasteiger partial charge is 0.357 e. The zero-order valence-electron chi connectivity index (χ0n) is 10.9. The van der Waals surface area contributed by atoms with E-state index in [9.17, 15) is 9.59 Å². The van der Waals surface area contributed by atoms with E-state index in [4.69, 9.17) is 9.47 Å². The predicted molar refractivity (Wildman–Crippen MR) is 75.1 cm³/mol. The number of ether oxygens (including phenoxy) is 2. The first-order valence-electron chi connectivity index (χ1n) is 5.91. The number of aromatic nitrogens is 2. The molecule has 20 heavy (non-hydrogen) atoms. The highest BCUT2D eigenvalue weighted by Gasteiger charge is 2.17. The van der Waals surface area contributed by atoms with E-state index >= 15 is 0 Å². The Kier molecular flexibility index (Phi) is 4.80.